The molecule has 2 amide bonds. The molecule has 1 atom stereocenters. The molecule has 0 aromatic heterocycles. The minimum Gasteiger partial charge on any atom is -0.339 e. The van der Waals surface area contributed by atoms with Crippen molar-refractivity contribution in [3.63, 3.8) is 0 Å². The smallest absolute Gasteiger partial charge is 0.223 e. The third kappa shape index (κ3) is 5.07. The molecule has 5 nitrogen and oxygen atoms in total. The Morgan fingerprint density at radius 2 is 1.46 bits per heavy atom. The molecule has 1 aromatic rings. The Kier molecular flexibility index (Phi) is 6.67. The van der Waals surface area contributed by atoms with Gasteiger partial charge in [0, 0.05) is 45.6 Å². The summed E-state index contributed by atoms with van der Waals surface area (Å²) in [4.78, 5) is 31.2. The number of benzene rings is 1. The summed E-state index contributed by atoms with van der Waals surface area (Å²) in [6, 6.07) is 10.2. The van der Waals surface area contributed by atoms with Crippen LogP contribution in [-0.2, 0) is 9.59 Å². The van der Waals surface area contributed by atoms with Gasteiger partial charge in [-0.3, -0.25) is 9.59 Å². The average Bonchev–Trinajstić information content (AvgIpc) is 3.20. The van der Waals surface area contributed by atoms with Gasteiger partial charge in [0.05, 0.1) is 0 Å². The standard InChI is InChI=1S/C21H31N3O2/c1-18(19-7-3-2-4-8-19)17-21(26)24-15-13-23(14-16-24)20(25)9-12-22-10-5-6-11-22/h2-4,7-8,18H,5-6,9-17H2,1H3. The van der Waals surface area contributed by atoms with Crippen molar-refractivity contribution >= 4 is 11.8 Å². The first kappa shape index (κ1) is 18.9. The van der Waals surface area contributed by atoms with Gasteiger partial charge in [0.25, 0.3) is 0 Å². The number of carbonyl (C=O) groups excluding carboxylic acids is 2. The largest absolute Gasteiger partial charge is 0.339 e. The summed E-state index contributed by atoms with van der Waals surface area (Å²) in [6.07, 6.45) is 3.67. The molecule has 142 valence electrons. The molecule has 0 bridgehead atoms. The molecule has 1 unspecified atom stereocenters. The molecular weight excluding hydrogens is 326 g/mol. The quantitative estimate of drug-likeness (QED) is 0.785. The highest BCUT2D eigenvalue weighted by Crippen LogP contribution is 2.20. The van der Waals surface area contributed by atoms with E-state index in [9.17, 15) is 9.59 Å². The lowest BCUT2D eigenvalue weighted by Crippen LogP contribution is -2.51. The number of hydrogen-bond donors (Lipinski definition) is 0. The predicted octanol–water partition coefficient (Wildman–Crippen LogP) is 2.34. The van der Waals surface area contributed by atoms with Crippen LogP contribution in [0.3, 0.4) is 0 Å². The molecule has 3 rings (SSSR count). The Labute approximate surface area is 156 Å². The van der Waals surface area contributed by atoms with E-state index in [1.54, 1.807) is 0 Å². The highest BCUT2D eigenvalue weighted by atomic mass is 16.2. The van der Waals surface area contributed by atoms with Crippen molar-refractivity contribution in [1.82, 2.24) is 14.7 Å². The molecule has 2 saturated heterocycles. The number of nitrogens with zero attached hydrogens (tertiary/aromatic N) is 3. The van der Waals surface area contributed by atoms with E-state index in [1.165, 1.54) is 18.4 Å². The summed E-state index contributed by atoms with van der Waals surface area (Å²) in [5, 5.41) is 0. The first-order valence-corrected chi connectivity index (χ1v) is 9.96. The monoisotopic (exact) mass is 357 g/mol. The number of rotatable bonds is 6. The molecule has 26 heavy (non-hydrogen) atoms. The molecule has 2 fully saturated rings. The molecule has 2 aliphatic heterocycles. The molecule has 0 aliphatic carbocycles. The highest BCUT2D eigenvalue weighted by Gasteiger charge is 2.25. The van der Waals surface area contributed by atoms with Crippen LogP contribution in [0.25, 0.3) is 0 Å². The van der Waals surface area contributed by atoms with Crippen molar-refractivity contribution in [1.29, 1.82) is 0 Å². The average molecular weight is 357 g/mol. The SMILES string of the molecule is CC(CC(=O)N1CCN(C(=O)CCN2CCCC2)CC1)c1ccccc1. The lowest BCUT2D eigenvalue weighted by Gasteiger charge is -2.35. The van der Waals surface area contributed by atoms with Gasteiger partial charge in [0.15, 0.2) is 0 Å². The first-order valence-electron chi connectivity index (χ1n) is 9.96. The molecule has 1 aromatic carbocycles. The van der Waals surface area contributed by atoms with Crippen LogP contribution in [0.2, 0.25) is 0 Å². The zero-order chi connectivity index (χ0) is 18.4. The van der Waals surface area contributed by atoms with Crippen molar-refractivity contribution < 1.29 is 9.59 Å². The highest BCUT2D eigenvalue weighted by molar-refractivity contribution is 5.79. The van der Waals surface area contributed by atoms with Crippen molar-refractivity contribution in [2.45, 2.75) is 38.5 Å². The summed E-state index contributed by atoms with van der Waals surface area (Å²) in [6.45, 7) is 7.92. The topological polar surface area (TPSA) is 43.9 Å². The molecule has 5 heteroatoms. The van der Waals surface area contributed by atoms with E-state index in [4.69, 9.17) is 0 Å². The number of hydrogen-bond acceptors (Lipinski definition) is 3. The molecule has 0 spiro atoms. The molecule has 2 heterocycles. The Hall–Kier alpha value is -1.88. The third-order valence-electron chi connectivity index (χ3n) is 5.68. The summed E-state index contributed by atoms with van der Waals surface area (Å²) >= 11 is 0. The second kappa shape index (κ2) is 9.17. The second-order valence-electron chi connectivity index (χ2n) is 7.58. The maximum atomic E-state index is 12.6. The molecule has 0 saturated carbocycles. The Morgan fingerprint density at radius 1 is 0.885 bits per heavy atom. The van der Waals surface area contributed by atoms with E-state index in [0.29, 0.717) is 39.0 Å². The Bertz CT molecular complexity index is 591. The molecular formula is C21H31N3O2. The summed E-state index contributed by atoms with van der Waals surface area (Å²) < 4.78 is 0. The minimum atomic E-state index is 0.200. The summed E-state index contributed by atoms with van der Waals surface area (Å²) in [5.41, 5.74) is 1.21. The van der Waals surface area contributed by atoms with Crippen LogP contribution in [0.15, 0.2) is 30.3 Å². The van der Waals surface area contributed by atoms with Gasteiger partial charge in [-0.25, -0.2) is 0 Å². The fourth-order valence-electron chi connectivity index (χ4n) is 3.91. The normalized spacial score (nSPS) is 19.6. The van der Waals surface area contributed by atoms with Crippen molar-refractivity contribution in [2.75, 3.05) is 45.8 Å². The van der Waals surface area contributed by atoms with Crippen LogP contribution in [-0.4, -0.2) is 72.3 Å². The van der Waals surface area contributed by atoms with E-state index >= 15 is 0 Å². The van der Waals surface area contributed by atoms with Crippen LogP contribution in [0.1, 0.15) is 44.1 Å². The van der Waals surface area contributed by atoms with Gasteiger partial charge in [-0.1, -0.05) is 37.3 Å². The van der Waals surface area contributed by atoms with E-state index < -0.39 is 0 Å². The van der Waals surface area contributed by atoms with Gasteiger partial charge < -0.3 is 14.7 Å². The van der Waals surface area contributed by atoms with Gasteiger partial charge >= 0.3 is 0 Å². The van der Waals surface area contributed by atoms with Crippen molar-refractivity contribution in [3.05, 3.63) is 35.9 Å². The fraction of sp³-hybridized carbons (Fsp3) is 0.619. The second-order valence-corrected chi connectivity index (χ2v) is 7.58. The third-order valence-corrected chi connectivity index (χ3v) is 5.68. The van der Waals surface area contributed by atoms with Gasteiger partial charge in [0.2, 0.25) is 11.8 Å². The molecule has 2 aliphatic rings. The lowest BCUT2D eigenvalue weighted by atomic mass is 9.97. The van der Waals surface area contributed by atoms with Crippen LogP contribution >= 0.6 is 0 Å². The van der Waals surface area contributed by atoms with E-state index in [-0.39, 0.29) is 17.7 Å². The first-order chi connectivity index (χ1) is 12.6. The van der Waals surface area contributed by atoms with E-state index in [1.807, 2.05) is 28.0 Å². The lowest BCUT2D eigenvalue weighted by molar-refractivity contribution is -0.139. The fourth-order valence-corrected chi connectivity index (χ4v) is 3.91. The maximum absolute atomic E-state index is 12.6. The van der Waals surface area contributed by atoms with Crippen LogP contribution in [0.5, 0.6) is 0 Å². The van der Waals surface area contributed by atoms with Crippen LogP contribution in [0, 0.1) is 0 Å². The Balaban J connectivity index is 1.39. The van der Waals surface area contributed by atoms with Gasteiger partial charge in [-0.15, -0.1) is 0 Å². The predicted molar refractivity (Wildman–Crippen MR) is 103 cm³/mol. The number of carbonyl (C=O) groups is 2. The summed E-state index contributed by atoms with van der Waals surface area (Å²) in [7, 11) is 0. The molecule has 0 radical (unpaired) electrons. The number of likely N-dealkylation sites (tertiary alicyclic amines) is 1. The van der Waals surface area contributed by atoms with Crippen molar-refractivity contribution in [3.8, 4) is 0 Å². The summed E-state index contributed by atoms with van der Waals surface area (Å²) in [5.74, 6) is 0.663. The van der Waals surface area contributed by atoms with Crippen LogP contribution in [0.4, 0.5) is 0 Å². The van der Waals surface area contributed by atoms with E-state index in [0.717, 1.165) is 19.6 Å². The zero-order valence-corrected chi connectivity index (χ0v) is 15.9. The van der Waals surface area contributed by atoms with Gasteiger partial charge in [0.1, 0.15) is 0 Å². The Morgan fingerprint density at radius 3 is 2.08 bits per heavy atom. The minimum absolute atomic E-state index is 0.200. The number of piperazine rings is 1. The molecule has 0 N–H and O–H groups in total. The van der Waals surface area contributed by atoms with Crippen LogP contribution < -0.4 is 0 Å². The van der Waals surface area contributed by atoms with Gasteiger partial charge in [-0.05, 0) is 37.4 Å². The van der Waals surface area contributed by atoms with Gasteiger partial charge in [-0.2, -0.15) is 0 Å². The maximum Gasteiger partial charge on any atom is 0.223 e. The van der Waals surface area contributed by atoms with Crippen molar-refractivity contribution in [2.24, 2.45) is 0 Å². The number of amides is 2. The zero-order valence-electron chi connectivity index (χ0n) is 15.9. The van der Waals surface area contributed by atoms with E-state index in [2.05, 4.69) is 24.0 Å².